The Labute approximate surface area is 170 Å². The maximum atomic E-state index is 12.9. The lowest BCUT2D eigenvalue weighted by atomic mass is 10.2. The second-order valence-electron chi connectivity index (χ2n) is 6.49. The normalized spacial score (nSPS) is 14.0. The number of hydrogen-bond donors (Lipinski definition) is 3. The maximum absolute atomic E-state index is 12.9. The van der Waals surface area contributed by atoms with E-state index in [0.29, 0.717) is 12.4 Å². The lowest BCUT2D eigenvalue weighted by Crippen LogP contribution is -2.32. The van der Waals surface area contributed by atoms with Crippen LogP contribution >= 0.6 is 11.6 Å². The number of carbonyl (C=O) groups excluding carboxylic acids is 1. The number of halogens is 4. The Balaban J connectivity index is 1.45. The first-order valence-electron chi connectivity index (χ1n) is 9.06. The minimum Gasteiger partial charge on any atom is -0.370 e. The number of nitrogens with zero attached hydrogens (tertiary/aromatic N) is 3. The molecule has 2 heterocycles. The van der Waals surface area contributed by atoms with E-state index < -0.39 is 22.8 Å². The summed E-state index contributed by atoms with van der Waals surface area (Å²) in [5.74, 6) is 0.587. The van der Waals surface area contributed by atoms with E-state index in [-0.39, 0.29) is 12.2 Å². The van der Waals surface area contributed by atoms with Crippen LogP contribution in [-0.2, 0) is 6.18 Å². The van der Waals surface area contributed by atoms with Gasteiger partial charge in [0.1, 0.15) is 0 Å². The Morgan fingerprint density at radius 3 is 2.66 bits per heavy atom. The third-order valence-electron chi connectivity index (χ3n) is 4.36. The standard InChI is InChI=1S/C18H20ClF3N6O/c19-15-4-3-12(9-14(15)18(20,21)22)26-17(29)24-6-5-23-16-10-13(11-25-27-16)28-7-1-2-8-28/h3-4,9-11H,1-2,5-8H2,(H,23,27)(H2,24,26,29). The molecule has 3 rings (SSSR count). The summed E-state index contributed by atoms with van der Waals surface area (Å²) in [6.45, 7) is 2.60. The summed E-state index contributed by atoms with van der Waals surface area (Å²) in [5, 5.41) is 15.5. The summed E-state index contributed by atoms with van der Waals surface area (Å²) in [5.41, 5.74) is -0.0135. The molecule has 1 fully saturated rings. The lowest BCUT2D eigenvalue weighted by molar-refractivity contribution is -0.137. The zero-order valence-corrected chi connectivity index (χ0v) is 16.1. The summed E-state index contributed by atoms with van der Waals surface area (Å²) in [6, 6.07) is 4.45. The highest BCUT2D eigenvalue weighted by Gasteiger charge is 2.33. The van der Waals surface area contributed by atoms with E-state index >= 15 is 0 Å². The van der Waals surface area contributed by atoms with E-state index in [4.69, 9.17) is 11.6 Å². The fourth-order valence-electron chi connectivity index (χ4n) is 2.95. The molecule has 1 aromatic heterocycles. The van der Waals surface area contributed by atoms with E-state index in [2.05, 4.69) is 31.0 Å². The average Bonchev–Trinajstić information content (AvgIpc) is 3.21. The third kappa shape index (κ3) is 5.86. The van der Waals surface area contributed by atoms with Gasteiger partial charge in [0.15, 0.2) is 5.82 Å². The van der Waals surface area contributed by atoms with Crippen LogP contribution in [0.1, 0.15) is 18.4 Å². The molecule has 1 aromatic carbocycles. The molecular formula is C18H20ClF3N6O. The minimum atomic E-state index is -4.60. The maximum Gasteiger partial charge on any atom is 0.417 e. The van der Waals surface area contributed by atoms with E-state index in [1.807, 2.05) is 6.07 Å². The molecule has 0 atom stereocenters. The van der Waals surface area contributed by atoms with E-state index in [1.54, 1.807) is 6.20 Å². The van der Waals surface area contributed by atoms with Crippen LogP contribution in [0.5, 0.6) is 0 Å². The molecule has 0 aliphatic carbocycles. The average molecular weight is 429 g/mol. The van der Waals surface area contributed by atoms with Crippen LogP contribution in [0.3, 0.4) is 0 Å². The fraction of sp³-hybridized carbons (Fsp3) is 0.389. The molecule has 1 saturated heterocycles. The molecule has 0 spiro atoms. The smallest absolute Gasteiger partial charge is 0.370 e. The van der Waals surface area contributed by atoms with Crippen molar-refractivity contribution in [3.8, 4) is 0 Å². The molecule has 0 saturated carbocycles. The highest BCUT2D eigenvalue weighted by Crippen LogP contribution is 2.36. The van der Waals surface area contributed by atoms with Crippen LogP contribution in [0.4, 0.5) is 35.2 Å². The summed E-state index contributed by atoms with van der Waals surface area (Å²) < 4.78 is 38.6. The number of anilines is 3. The Morgan fingerprint density at radius 2 is 1.93 bits per heavy atom. The van der Waals surface area contributed by atoms with Gasteiger partial charge in [0.25, 0.3) is 0 Å². The van der Waals surface area contributed by atoms with Gasteiger partial charge in [-0.1, -0.05) is 11.6 Å². The number of aromatic nitrogens is 2. The Hall–Kier alpha value is -2.75. The fourth-order valence-corrected chi connectivity index (χ4v) is 3.18. The summed E-state index contributed by atoms with van der Waals surface area (Å²) in [7, 11) is 0. The monoisotopic (exact) mass is 428 g/mol. The van der Waals surface area contributed by atoms with Gasteiger partial charge in [-0.25, -0.2) is 4.79 Å². The Kier molecular flexibility index (Phi) is 6.63. The number of nitrogens with one attached hydrogen (secondary N) is 3. The molecule has 11 heteroatoms. The molecule has 1 aliphatic heterocycles. The molecule has 0 unspecified atom stereocenters. The first-order valence-corrected chi connectivity index (χ1v) is 9.44. The van der Waals surface area contributed by atoms with Crippen molar-refractivity contribution in [2.75, 3.05) is 41.7 Å². The van der Waals surface area contributed by atoms with Crippen molar-refractivity contribution in [1.29, 1.82) is 0 Å². The predicted octanol–water partition coefficient (Wildman–Crippen LogP) is 3.98. The van der Waals surface area contributed by atoms with Crippen LogP contribution in [0, 0.1) is 0 Å². The van der Waals surface area contributed by atoms with Gasteiger partial charge in [-0.3, -0.25) is 0 Å². The van der Waals surface area contributed by atoms with Crippen LogP contribution in [0.15, 0.2) is 30.5 Å². The van der Waals surface area contributed by atoms with Crippen LogP contribution in [0.25, 0.3) is 0 Å². The van der Waals surface area contributed by atoms with Crippen molar-refractivity contribution in [2.24, 2.45) is 0 Å². The van der Waals surface area contributed by atoms with Crippen LogP contribution < -0.4 is 20.9 Å². The molecular weight excluding hydrogens is 409 g/mol. The number of benzene rings is 1. The van der Waals surface area contributed by atoms with Crippen molar-refractivity contribution in [3.63, 3.8) is 0 Å². The summed E-state index contributed by atoms with van der Waals surface area (Å²) >= 11 is 5.56. The Morgan fingerprint density at radius 1 is 1.17 bits per heavy atom. The topological polar surface area (TPSA) is 82.2 Å². The molecule has 7 nitrogen and oxygen atoms in total. The third-order valence-corrected chi connectivity index (χ3v) is 4.69. The van der Waals surface area contributed by atoms with Gasteiger partial charge < -0.3 is 20.9 Å². The van der Waals surface area contributed by atoms with Gasteiger partial charge in [0, 0.05) is 37.9 Å². The number of urea groups is 1. The van der Waals surface area contributed by atoms with Gasteiger partial charge >= 0.3 is 12.2 Å². The molecule has 29 heavy (non-hydrogen) atoms. The number of hydrogen-bond acceptors (Lipinski definition) is 5. The van der Waals surface area contributed by atoms with Crippen molar-refractivity contribution < 1.29 is 18.0 Å². The molecule has 1 aliphatic rings. The minimum absolute atomic E-state index is 0.00337. The second kappa shape index (κ2) is 9.17. The number of alkyl halides is 3. The lowest BCUT2D eigenvalue weighted by Gasteiger charge is -2.17. The van der Waals surface area contributed by atoms with Gasteiger partial charge in [-0.2, -0.15) is 18.3 Å². The summed E-state index contributed by atoms with van der Waals surface area (Å²) in [4.78, 5) is 14.1. The Bertz CT molecular complexity index is 858. The van der Waals surface area contributed by atoms with Gasteiger partial charge in [0.05, 0.1) is 22.5 Å². The van der Waals surface area contributed by atoms with Crippen molar-refractivity contribution in [3.05, 3.63) is 41.0 Å². The quantitative estimate of drug-likeness (QED) is 0.606. The van der Waals surface area contributed by atoms with Gasteiger partial charge in [0.2, 0.25) is 0 Å². The first kappa shape index (κ1) is 21.0. The first-order chi connectivity index (χ1) is 13.8. The molecule has 2 aromatic rings. The second-order valence-corrected chi connectivity index (χ2v) is 6.90. The predicted molar refractivity (Wildman–Crippen MR) is 105 cm³/mol. The van der Waals surface area contributed by atoms with Gasteiger partial charge in [-0.05, 0) is 31.0 Å². The van der Waals surface area contributed by atoms with E-state index in [9.17, 15) is 18.0 Å². The zero-order chi connectivity index (χ0) is 20.9. The van der Waals surface area contributed by atoms with E-state index in [0.717, 1.165) is 43.8 Å². The number of amides is 2. The number of carbonyl (C=O) groups is 1. The van der Waals surface area contributed by atoms with Crippen LogP contribution in [0.2, 0.25) is 5.02 Å². The zero-order valence-electron chi connectivity index (χ0n) is 15.4. The van der Waals surface area contributed by atoms with Gasteiger partial charge in [-0.15, -0.1) is 5.10 Å². The van der Waals surface area contributed by atoms with Crippen molar-refractivity contribution in [2.45, 2.75) is 19.0 Å². The molecule has 0 radical (unpaired) electrons. The summed E-state index contributed by atoms with van der Waals surface area (Å²) in [6.07, 6.45) is -0.576. The molecule has 0 bridgehead atoms. The molecule has 156 valence electrons. The van der Waals surface area contributed by atoms with Crippen LogP contribution in [-0.4, -0.2) is 42.4 Å². The van der Waals surface area contributed by atoms with E-state index in [1.165, 1.54) is 6.07 Å². The van der Waals surface area contributed by atoms with Crippen molar-refractivity contribution >= 4 is 34.8 Å². The highest BCUT2D eigenvalue weighted by molar-refractivity contribution is 6.31. The molecule has 3 N–H and O–H groups in total. The SMILES string of the molecule is O=C(NCCNc1cc(N2CCCC2)cnn1)Nc1ccc(Cl)c(C(F)(F)F)c1. The highest BCUT2D eigenvalue weighted by atomic mass is 35.5. The molecule has 2 amide bonds. The van der Waals surface area contributed by atoms with Crippen molar-refractivity contribution in [1.82, 2.24) is 15.5 Å². The number of rotatable bonds is 6. The largest absolute Gasteiger partial charge is 0.417 e.